The first-order valence-electron chi connectivity index (χ1n) is 42.3. The Kier molecular flexibility index (Phi) is 54.3. The molecule has 0 unspecified atom stereocenters. The summed E-state index contributed by atoms with van der Waals surface area (Å²) in [4.78, 5) is 0. The Labute approximate surface area is 590 Å². The molecule has 0 spiro atoms. The quantitative estimate of drug-likeness (QED) is 0.0315. The van der Waals surface area contributed by atoms with E-state index < -0.39 is 16.1 Å². The third-order valence-electron chi connectivity index (χ3n) is 21.0. The number of nitrogens with zero attached hydrogens (tertiary/aromatic N) is 1. The van der Waals surface area contributed by atoms with Crippen LogP contribution in [0.15, 0.2) is 97.1 Å². The van der Waals surface area contributed by atoms with E-state index in [1.165, 1.54) is 408 Å². The Morgan fingerprint density at radius 1 is 0.191 bits per heavy atom. The average Bonchev–Trinajstić information content (AvgIpc) is 0.778. The molecule has 4 aromatic rings. The van der Waals surface area contributed by atoms with Gasteiger partial charge in [-0.15, -0.1) is 0 Å². The molecule has 1 nitrogen and oxygen atoms in total. The molecule has 0 aliphatic rings. The van der Waals surface area contributed by atoms with E-state index in [9.17, 15) is 0 Å². The molecule has 0 fully saturated rings. The fourth-order valence-electron chi connectivity index (χ4n) is 14.7. The average molecular weight is 1330 g/mol. The Morgan fingerprint density at radius 3 is 0.511 bits per heavy atom. The highest BCUT2D eigenvalue weighted by Gasteiger charge is 2.37. The highest BCUT2D eigenvalue weighted by molar-refractivity contribution is 7.84. The molecule has 4 rings (SSSR count). The monoisotopic (exact) mass is 1320 g/mol. The van der Waals surface area contributed by atoms with Gasteiger partial charge in [0.1, 0.15) is 0 Å². The summed E-state index contributed by atoms with van der Waals surface area (Å²) < 4.78 is 3.32. The SMILES string of the molecule is CCCCCCCCCCCCCC(CCCCCCCCCCCCC)N(P(c1ccc(CCCCCCCCCC)cc1)c1ccc(CCCCCCCCCC)cc1)P(c1ccc(CCCCCCCCCC)cc1)c1ccc(CCCCCCCCCC)cc1. The molecule has 0 N–H and O–H groups in total. The second-order valence-electron chi connectivity index (χ2n) is 29.8. The zero-order valence-corrected chi connectivity index (χ0v) is 65.4. The molecule has 4 aromatic carbocycles. The van der Waals surface area contributed by atoms with Gasteiger partial charge in [-0.1, -0.05) is 460 Å². The van der Waals surface area contributed by atoms with Crippen molar-refractivity contribution < 1.29 is 0 Å². The highest BCUT2D eigenvalue weighted by atomic mass is 31.2. The fourth-order valence-corrected chi connectivity index (χ4v) is 21.1. The van der Waals surface area contributed by atoms with Crippen molar-refractivity contribution in [3.8, 4) is 0 Å². The minimum absolute atomic E-state index is 0.498. The van der Waals surface area contributed by atoms with E-state index in [4.69, 9.17) is 0 Å². The third kappa shape index (κ3) is 40.7. The first-order chi connectivity index (χ1) is 46.6. The van der Waals surface area contributed by atoms with Gasteiger partial charge in [0.05, 0.1) is 0 Å². The lowest BCUT2D eigenvalue weighted by molar-refractivity contribution is 0.393. The van der Waals surface area contributed by atoms with Gasteiger partial charge in [0, 0.05) is 22.2 Å². The van der Waals surface area contributed by atoms with Crippen LogP contribution in [-0.4, -0.2) is 10.5 Å². The number of benzene rings is 4. The van der Waals surface area contributed by atoms with Crippen molar-refractivity contribution in [3.05, 3.63) is 119 Å². The second-order valence-corrected chi connectivity index (χ2v) is 34.3. The molecule has 0 aliphatic heterocycles. The molecule has 0 bridgehead atoms. The van der Waals surface area contributed by atoms with E-state index in [-0.39, 0.29) is 0 Å². The lowest BCUT2D eigenvalue weighted by Gasteiger charge is -2.44. The maximum atomic E-state index is 3.32. The summed E-state index contributed by atoms with van der Waals surface area (Å²) in [6.45, 7) is 14.1. The minimum Gasteiger partial charge on any atom is -0.242 e. The summed E-state index contributed by atoms with van der Waals surface area (Å²) >= 11 is 0. The maximum Gasteiger partial charge on any atom is 0.0325 e. The van der Waals surface area contributed by atoms with Crippen LogP contribution < -0.4 is 21.2 Å². The van der Waals surface area contributed by atoms with Gasteiger partial charge in [-0.3, -0.25) is 0 Å². The lowest BCUT2D eigenvalue weighted by Crippen LogP contribution is -2.38. The van der Waals surface area contributed by atoms with Gasteiger partial charge >= 0.3 is 0 Å². The topological polar surface area (TPSA) is 3.24 Å². The molecule has 0 aliphatic carbocycles. The van der Waals surface area contributed by atoms with Crippen LogP contribution in [0.1, 0.15) is 423 Å². The highest BCUT2D eigenvalue weighted by Crippen LogP contribution is 2.57. The van der Waals surface area contributed by atoms with Crippen molar-refractivity contribution in [2.45, 2.75) is 433 Å². The first-order valence-corrected chi connectivity index (χ1v) is 44.9. The molecular formula is C91H155NP2. The molecule has 0 amide bonds. The zero-order chi connectivity index (χ0) is 66.7. The van der Waals surface area contributed by atoms with Crippen LogP contribution in [0.4, 0.5) is 0 Å². The Balaban J connectivity index is 1.84. The van der Waals surface area contributed by atoms with Gasteiger partial charge in [-0.25, -0.2) is 4.44 Å². The van der Waals surface area contributed by atoms with E-state index in [0.29, 0.717) is 6.04 Å². The van der Waals surface area contributed by atoms with Gasteiger partial charge in [-0.2, -0.15) is 0 Å². The van der Waals surface area contributed by atoms with Gasteiger partial charge < -0.3 is 0 Å². The molecule has 0 aromatic heterocycles. The van der Waals surface area contributed by atoms with Crippen LogP contribution in [0.5, 0.6) is 0 Å². The zero-order valence-electron chi connectivity index (χ0n) is 63.6. The third-order valence-corrected chi connectivity index (χ3v) is 26.7. The van der Waals surface area contributed by atoms with Crippen molar-refractivity contribution >= 4 is 37.4 Å². The summed E-state index contributed by atoms with van der Waals surface area (Å²) in [6.07, 6.45) is 82.3. The van der Waals surface area contributed by atoms with E-state index in [1.54, 1.807) is 21.2 Å². The van der Waals surface area contributed by atoms with Crippen LogP contribution in [0.3, 0.4) is 0 Å². The summed E-state index contributed by atoms with van der Waals surface area (Å²) in [7, 11) is -1.78. The van der Waals surface area contributed by atoms with Crippen molar-refractivity contribution in [1.82, 2.24) is 4.44 Å². The van der Waals surface area contributed by atoms with Gasteiger partial charge in [0.25, 0.3) is 0 Å². The van der Waals surface area contributed by atoms with Crippen molar-refractivity contribution in [3.63, 3.8) is 0 Å². The Morgan fingerprint density at radius 2 is 0.340 bits per heavy atom. The predicted octanol–water partition coefficient (Wildman–Crippen LogP) is 29.9. The first kappa shape index (κ1) is 84.1. The molecule has 3 heteroatoms. The summed E-state index contributed by atoms with van der Waals surface area (Å²) in [5.74, 6) is 0. The molecule has 0 heterocycles. The maximum absolute atomic E-state index is 3.32. The van der Waals surface area contributed by atoms with Gasteiger partial charge in [-0.05, 0) is 108 Å². The lowest BCUT2D eigenvalue weighted by atomic mass is 10.00. The molecule has 534 valence electrons. The fraction of sp³-hybridized carbons (Fsp3) is 0.736. The number of rotatable bonds is 67. The number of aryl methyl sites for hydroxylation is 4. The Bertz CT molecular complexity index is 1930. The van der Waals surface area contributed by atoms with E-state index in [1.807, 2.05) is 0 Å². The largest absolute Gasteiger partial charge is 0.242 e. The second kappa shape index (κ2) is 60.6. The van der Waals surface area contributed by atoms with E-state index in [0.717, 1.165) is 0 Å². The van der Waals surface area contributed by atoms with E-state index >= 15 is 0 Å². The number of unbranched alkanes of at least 4 members (excludes halogenated alkanes) is 48. The molecule has 0 radical (unpaired) electrons. The van der Waals surface area contributed by atoms with Crippen molar-refractivity contribution in [2.24, 2.45) is 0 Å². The number of hydrogen-bond donors (Lipinski definition) is 0. The predicted molar refractivity (Wildman–Crippen MR) is 431 cm³/mol. The molecule has 0 atom stereocenters. The van der Waals surface area contributed by atoms with Crippen LogP contribution in [-0.2, 0) is 25.7 Å². The van der Waals surface area contributed by atoms with Crippen LogP contribution >= 0.6 is 16.1 Å². The molecule has 0 saturated carbocycles. The minimum atomic E-state index is -0.888. The smallest absolute Gasteiger partial charge is 0.0325 e. The standard InChI is InChI=1S/C91H155NP2/c1-7-13-19-25-31-37-39-41-47-53-59-65-87(66-60-54-48-42-40-38-32-26-20-14-8-2)92(93(88-75-67-83(68-76-88)61-55-49-43-33-27-21-15-9-3)89-77-69-84(70-78-89)62-56-50-44-34-28-22-16-10-4)94(90-79-71-85(72-80-90)63-57-51-45-35-29-23-17-11-5)91-81-73-86(74-82-91)64-58-52-46-36-30-24-18-12-6/h67-82,87H,7-66H2,1-6H3. The molecule has 94 heavy (non-hydrogen) atoms. The molecular weight excluding hydrogens is 1170 g/mol. The van der Waals surface area contributed by atoms with Crippen molar-refractivity contribution in [1.29, 1.82) is 0 Å². The van der Waals surface area contributed by atoms with Crippen LogP contribution in [0.25, 0.3) is 0 Å². The van der Waals surface area contributed by atoms with Gasteiger partial charge in [0.15, 0.2) is 0 Å². The van der Waals surface area contributed by atoms with Crippen LogP contribution in [0.2, 0.25) is 0 Å². The van der Waals surface area contributed by atoms with Crippen LogP contribution in [0, 0.1) is 0 Å². The van der Waals surface area contributed by atoms with E-state index in [2.05, 4.69) is 143 Å². The summed E-state index contributed by atoms with van der Waals surface area (Å²) in [5.41, 5.74) is 6.15. The normalized spacial score (nSPS) is 11.9. The summed E-state index contributed by atoms with van der Waals surface area (Å²) in [5, 5.41) is 6.27. The number of hydrogen-bond acceptors (Lipinski definition) is 1. The van der Waals surface area contributed by atoms with Crippen molar-refractivity contribution in [2.75, 3.05) is 0 Å². The van der Waals surface area contributed by atoms with Gasteiger partial charge in [0.2, 0.25) is 0 Å². The summed E-state index contributed by atoms with van der Waals surface area (Å²) in [6, 6.07) is 42.4. The molecule has 0 saturated heterocycles. The Hall–Kier alpha value is -2.30.